The van der Waals surface area contributed by atoms with Crippen molar-refractivity contribution in [1.82, 2.24) is 4.90 Å². The van der Waals surface area contributed by atoms with Crippen molar-refractivity contribution in [3.8, 4) is 0 Å². The topological polar surface area (TPSA) is 81.0 Å². The lowest BCUT2D eigenvalue weighted by molar-refractivity contribution is -0.137. The smallest absolute Gasteiger partial charge is 0.291 e. The van der Waals surface area contributed by atoms with Gasteiger partial charge in [-0.1, -0.05) is 6.58 Å². The van der Waals surface area contributed by atoms with Crippen molar-refractivity contribution >= 4 is 5.91 Å². The lowest BCUT2D eigenvalue weighted by Gasteiger charge is -2.14. The predicted molar refractivity (Wildman–Crippen MR) is 32.8 cm³/mol. The van der Waals surface area contributed by atoms with Gasteiger partial charge in [0.15, 0.2) is 5.76 Å². The predicted octanol–water partition coefficient (Wildman–Crippen LogP) is -1.21. The first-order valence-corrected chi connectivity index (χ1v) is 2.52. The zero-order valence-electron chi connectivity index (χ0n) is 5.32. The first kappa shape index (κ1) is 8.93. The fraction of sp³-hybridized carbons (Fsp3) is 0.400. The first-order chi connectivity index (χ1) is 4.63. The number of hydrogen-bond acceptors (Lipinski definition) is 4. The fourth-order valence-electron chi connectivity index (χ4n) is 0.356. The molecule has 0 radical (unpaired) electrons. The monoisotopic (exact) mass is 147 g/mol. The minimum absolute atomic E-state index is 0.613. The van der Waals surface area contributed by atoms with E-state index in [-0.39, 0.29) is 0 Å². The molecule has 0 aliphatic heterocycles. The molecule has 0 fully saturated rings. The molecule has 0 saturated heterocycles. The summed E-state index contributed by atoms with van der Waals surface area (Å²) in [6.07, 6.45) is 0. The molecular weight excluding hydrogens is 138 g/mol. The van der Waals surface area contributed by atoms with Gasteiger partial charge in [0.05, 0.1) is 0 Å². The fourth-order valence-corrected chi connectivity index (χ4v) is 0.356. The Morgan fingerprint density at radius 2 is 1.80 bits per heavy atom. The van der Waals surface area contributed by atoms with E-state index in [0.717, 1.165) is 0 Å². The normalized spacial score (nSPS) is 9.00. The highest BCUT2D eigenvalue weighted by molar-refractivity contribution is 5.90. The van der Waals surface area contributed by atoms with Crippen LogP contribution in [0.1, 0.15) is 0 Å². The number of nitrogens with zero attached hydrogens (tertiary/aromatic N) is 1. The third-order valence-electron chi connectivity index (χ3n) is 0.876. The van der Waals surface area contributed by atoms with E-state index in [9.17, 15) is 4.79 Å². The zero-order valence-corrected chi connectivity index (χ0v) is 5.32. The largest absolute Gasteiger partial charge is 0.503 e. The van der Waals surface area contributed by atoms with Crippen molar-refractivity contribution in [3.63, 3.8) is 0 Å². The molecule has 0 heterocycles. The van der Waals surface area contributed by atoms with Crippen LogP contribution in [0, 0.1) is 0 Å². The molecule has 0 aromatic heterocycles. The van der Waals surface area contributed by atoms with Crippen LogP contribution in [0.5, 0.6) is 0 Å². The highest BCUT2D eigenvalue weighted by atomic mass is 16.3. The molecule has 0 aromatic carbocycles. The Bertz CT molecular complexity index is 141. The molecule has 0 aromatic rings. The summed E-state index contributed by atoms with van der Waals surface area (Å²) in [4.78, 5) is 11.2. The summed E-state index contributed by atoms with van der Waals surface area (Å²) < 4.78 is 0. The second-order valence-corrected chi connectivity index (χ2v) is 1.57. The van der Waals surface area contributed by atoms with Crippen LogP contribution in [0.4, 0.5) is 0 Å². The maximum atomic E-state index is 10.6. The molecule has 0 aliphatic rings. The van der Waals surface area contributed by atoms with Crippen molar-refractivity contribution in [2.75, 3.05) is 13.5 Å². The Hall–Kier alpha value is -1.07. The van der Waals surface area contributed by atoms with Gasteiger partial charge in [0.2, 0.25) is 0 Å². The van der Waals surface area contributed by atoms with Crippen LogP contribution >= 0.6 is 0 Å². The quantitative estimate of drug-likeness (QED) is 0.266. The van der Waals surface area contributed by atoms with Gasteiger partial charge in [-0.05, 0) is 0 Å². The molecule has 0 atom stereocenters. The number of carbonyl (C=O) groups is 1. The SMILES string of the molecule is C=C(O)C(=O)N(CO)CO. The van der Waals surface area contributed by atoms with Crippen LogP contribution in [0.3, 0.4) is 0 Å². The average Bonchev–Trinajstić information content (AvgIpc) is 1.90. The van der Waals surface area contributed by atoms with Crippen LogP contribution in [-0.4, -0.2) is 39.6 Å². The maximum Gasteiger partial charge on any atom is 0.291 e. The van der Waals surface area contributed by atoms with Crippen LogP contribution < -0.4 is 0 Å². The van der Waals surface area contributed by atoms with E-state index in [1.807, 2.05) is 0 Å². The van der Waals surface area contributed by atoms with E-state index in [1.54, 1.807) is 0 Å². The van der Waals surface area contributed by atoms with E-state index in [4.69, 9.17) is 15.3 Å². The summed E-state index contributed by atoms with van der Waals surface area (Å²) in [5, 5.41) is 25.1. The molecule has 5 nitrogen and oxygen atoms in total. The number of hydrogen-bond donors (Lipinski definition) is 3. The summed E-state index contributed by atoms with van der Waals surface area (Å²) in [5.74, 6) is -1.59. The van der Waals surface area contributed by atoms with E-state index in [2.05, 4.69) is 6.58 Å². The van der Waals surface area contributed by atoms with Crippen LogP contribution in [-0.2, 0) is 4.79 Å². The summed E-state index contributed by atoms with van der Waals surface area (Å²) in [7, 11) is 0. The van der Waals surface area contributed by atoms with Crippen molar-refractivity contribution in [3.05, 3.63) is 12.3 Å². The molecule has 5 heteroatoms. The lowest BCUT2D eigenvalue weighted by Crippen LogP contribution is -2.33. The average molecular weight is 147 g/mol. The van der Waals surface area contributed by atoms with Gasteiger partial charge in [0.1, 0.15) is 13.5 Å². The van der Waals surface area contributed by atoms with Gasteiger partial charge >= 0.3 is 0 Å². The molecule has 0 rings (SSSR count). The number of rotatable bonds is 3. The maximum absolute atomic E-state index is 10.6. The van der Waals surface area contributed by atoms with Gasteiger partial charge in [0, 0.05) is 0 Å². The Balaban J connectivity index is 4.02. The van der Waals surface area contributed by atoms with Crippen molar-refractivity contribution in [2.45, 2.75) is 0 Å². The second kappa shape index (κ2) is 3.86. The molecule has 0 aliphatic carbocycles. The highest BCUT2D eigenvalue weighted by Gasteiger charge is 2.12. The number of amides is 1. The Kier molecular flexibility index (Phi) is 3.45. The van der Waals surface area contributed by atoms with Crippen LogP contribution in [0.15, 0.2) is 12.3 Å². The minimum Gasteiger partial charge on any atom is -0.503 e. The molecule has 58 valence electrons. The standard InChI is InChI=1S/C5H9NO4/c1-4(9)5(10)6(2-7)3-8/h7-9H,1-3H2. The first-order valence-electron chi connectivity index (χ1n) is 2.52. The minimum atomic E-state index is -0.884. The van der Waals surface area contributed by atoms with E-state index < -0.39 is 25.1 Å². The molecule has 1 amide bonds. The van der Waals surface area contributed by atoms with E-state index >= 15 is 0 Å². The molecule has 0 bridgehead atoms. The number of aliphatic hydroxyl groups excluding tert-OH is 3. The molecule has 3 N–H and O–H groups in total. The van der Waals surface area contributed by atoms with Crippen molar-refractivity contribution in [1.29, 1.82) is 0 Å². The van der Waals surface area contributed by atoms with Crippen LogP contribution in [0.25, 0.3) is 0 Å². The summed E-state index contributed by atoms with van der Waals surface area (Å²) in [5.41, 5.74) is 0. The van der Waals surface area contributed by atoms with Gasteiger partial charge in [-0.3, -0.25) is 9.69 Å². The third kappa shape index (κ3) is 2.04. The number of carbonyl (C=O) groups excluding carboxylic acids is 1. The summed E-state index contributed by atoms with van der Waals surface area (Å²) in [6.45, 7) is 1.63. The van der Waals surface area contributed by atoms with Gasteiger partial charge in [-0.15, -0.1) is 0 Å². The van der Waals surface area contributed by atoms with Gasteiger partial charge < -0.3 is 15.3 Å². The van der Waals surface area contributed by atoms with Gasteiger partial charge in [0.25, 0.3) is 5.91 Å². The third-order valence-corrected chi connectivity index (χ3v) is 0.876. The number of aliphatic hydroxyl groups is 3. The second-order valence-electron chi connectivity index (χ2n) is 1.57. The van der Waals surface area contributed by atoms with Crippen LogP contribution in [0.2, 0.25) is 0 Å². The van der Waals surface area contributed by atoms with Crippen molar-refractivity contribution < 1.29 is 20.1 Å². The molecular formula is C5H9NO4. The Morgan fingerprint density at radius 3 is 1.90 bits per heavy atom. The highest BCUT2D eigenvalue weighted by Crippen LogP contribution is 1.92. The van der Waals surface area contributed by atoms with Gasteiger partial charge in [-0.25, -0.2) is 0 Å². The Morgan fingerprint density at radius 1 is 1.40 bits per heavy atom. The molecule has 0 unspecified atom stereocenters. The Labute approximate surface area is 57.8 Å². The van der Waals surface area contributed by atoms with Gasteiger partial charge in [-0.2, -0.15) is 0 Å². The molecule has 10 heavy (non-hydrogen) atoms. The van der Waals surface area contributed by atoms with Crippen molar-refractivity contribution in [2.24, 2.45) is 0 Å². The lowest BCUT2D eigenvalue weighted by atomic mass is 10.5. The summed E-state index contributed by atoms with van der Waals surface area (Å²) in [6, 6.07) is 0. The molecule has 0 saturated carbocycles. The zero-order chi connectivity index (χ0) is 8.15. The van der Waals surface area contributed by atoms with E-state index in [1.165, 1.54) is 0 Å². The molecule has 0 spiro atoms. The van der Waals surface area contributed by atoms with E-state index in [0.29, 0.717) is 4.90 Å². The summed E-state index contributed by atoms with van der Waals surface area (Å²) >= 11 is 0.